The van der Waals surface area contributed by atoms with Gasteiger partial charge in [0.2, 0.25) is 11.8 Å². The van der Waals surface area contributed by atoms with E-state index in [1.54, 1.807) is 48.5 Å². The van der Waals surface area contributed by atoms with Crippen molar-refractivity contribution < 1.29 is 22.7 Å². The highest BCUT2D eigenvalue weighted by molar-refractivity contribution is 8.00. The minimum atomic E-state index is -4.78. The first-order valence-electron chi connectivity index (χ1n) is 12.1. The van der Waals surface area contributed by atoms with E-state index >= 15 is 0 Å². The summed E-state index contributed by atoms with van der Waals surface area (Å²) in [5.74, 6) is -0.787. The summed E-state index contributed by atoms with van der Waals surface area (Å²) in [5.41, 5.74) is 0.240. The van der Waals surface area contributed by atoms with E-state index in [-0.39, 0.29) is 36.0 Å². The first-order chi connectivity index (χ1) is 17.5. The molecule has 0 radical (unpaired) electrons. The van der Waals surface area contributed by atoms with Crippen LogP contribution in [0.25, 0.3) is 11.3 Å². The Kier molecular flexibility index (Phi) is 7.96. The van der Waals surface area contributed by atoms with Gasteiger partial charge in [0, 0.05) is 16.0 Å². The number of carbonyl (C=O) groups excluding carboxylic acids is 1. The highest BCUT2D eigenvalue weighted by Crippen LogP contribution is 2.44. The average molecular weight is 531 g/mol. The number of amides is 1. The number of fused-ring (bicyclic) bond motifs is 4. The molecular weight excluding hydrogens is 501 g/mol. The van der Waals surface area contributed by atoms with Crippen molar-refractivity contribution in [2.75, 3.05) is 11.3 Å². The van der Waals surface area contributed by atoms with Crippen LogP contribution in [0.4, 0.5) is 19.1 Å². The van der Waals surface area contributed by atoms with E-state index in [0.717, 1.165) is 17.5 Å². The number of hydrogen-bond acceptors (Lipinski definition) is 6. The lowest BCUT2D eigenvalue weighted by molar-refractivity contribution is -0.139. The van der Waals surface area contributed by atoms with Crippen molar-refractivity contribution in [3.63, 3.8) is 0 Å². The van der Waals surface area contributed by atoms with E-state index in [0.29, 0.717) is 22.4 Å². The Hall–Kier alpha value is -3.27. The Morgan fingerprint density at radius 2 is 1.84 bits per heavy atom. The number of benzene rings is 2. The fraction of sp³-hybridized carbons (Fsp3) is 0.370. The molecule has 0 unspecified atom stereocenters. The molecule has 0 saturated heterocycles. The van der Waals surface area contributed by atoms with Crippen LogP contribution in [0.2, 0.25) is 0 Å². The van der Waals surface area contributed by atoms with Crippen LogP contribution in [-0.4, -0.2) is 28.5 Å². The van der Waals surface area contributed by atoms with Gasteiger partial charge in [-0.05, 0) is 54.0 Å². The molecule has 0 fully saturated rings. The fourth-order valence-electron chi connectivity index (χ4n) is 4.25. The minimum Gasteiger partial charge on any atom is -0.475 e. The molecule has 10 heteroatoms. The number of rotatable bonds is 4. The smallest absolute Gasteiger partial charge is 0.423 e. The van der Waals surface area contributed by atoms with Gasteiger partial charge in [0.1, 0.15) is 12.2 Å². The monoisotopic (exact) mass is 530 g/mol. The number of ether oxygens (including phenoxy) is 1. The highest BCUT2D eigenvalue weighted by atomic mass is 32.2. The number of aromatic nitrogens is 2. The van der Waals surface area contributed by atoms with Crippen LogP contribution in [0.3, 0.4) is 0 Å². The quantitative estimate of drug-likeness (QED) is 0.356. The van der Waals surface area contributed by atoms with Crippen molar-refractivity contribution in [1.29, 1.82) is 0 Å². The Morgan fingerprint density at radius 3 is 2.54 bits per heavy atom. The van der Waals surface area contributed by atoms with Gasteiger partial charge in [-0.25, -0.2) is 4.98 Å². The van der Waals surface area contributed by atoms with Gasteiger partial charge < -0.3 is 10.1 Å². The van der Waals surface area contributed by atoms with Crippen LogP contribution in [0, 0.1) is 5.92 Å². The number of halogens is 3. The van der Waals surface area contributed by atoms with Gasteiger partial charge in [0.05, 0.1) is 11.7 Å². The molecule has 1 aliphatic rings. The van der Waals surface area contributed by atoms with E-state index in [2.05, 4.69) is 20.0 Å². The lowest BCUT2D eigenvalue weighted by Crippen LogP contribution is -2.40. The summed E-state index contributed by atoms with van der Waals surface area (Å²) in [7, 11) is 0. The summed E-state index contributed by atoms with van der Waals surface area (Å²) in [6, 6.07) is 13.3. The number of carbonyl (C=O) groups is 1. The van der Waals surface area contributed by atoms with E-state index in [1.165, 1.54) is 0 Å². The Bertz CT molecular complexity index is 1280. The van der Waals surface area contributed by atoms with Gasteiger partial charge in [-0.1, -0.05) is 58.0 Å². The molecule has 0 spiro atoms. The SMILES string of the molecule is CC(C)C[C@@H]1COc2nc(nc(-c3ccccc3C(C)C)c2C(F)(F)F)NSc2cccc(c2)C(=O)N1. The van der Waals surface area contributed by atoms with Crippen LogP contribution < -0.4 is 14.8 Å². The van der Waals surface area contributed by atoms with Crippen LogP contribution in [0.1, 0.15) is 61.5 Å². The Labute approximate surface area is 218 Å². The molecule has 1 aliphatic heterocycles. The van der Waals surface area contributed by atoms with E-state index in [1.807, 2.05) is 27.7 Å². The number of hydrogen-bond donors (Lipinski definition) is 2. The summed E-state index contributed by atoms with van der Waals surface area (Å²) >= 11 is 1.10. The zero-order valence-electron chi connectivity index (χ0n) is 21.0. The zero-order valence-corrected chi connectivity index (χ0v) is 21.8. The third kappa shape index (κ3) is 6.36. The van der Waals surface area contributed by atoms with E-state index < -0.39 is 23.7 Å². The maximum atomic E-state index is 14.6. The molecule has 1 atom stereocenters. The molecule has 2 aromatic carbocycles. The van der Waals surface area contributed by atoms with Gasteiger partial charge in [-0.2, -0.15) is 18.2 Å². The largest absolute Gasteiger partial charge is 0.475 e. The van der Waals surface area contributed by atoms with Crippen molar-refractivity contribution in [3.8, 4) is 17.1 Å². The Balaban J connectivity index is 1.90. The van der Waals surface area contributed by atoms with Crippen molar-refractivity contribution in [2.24, 2.45) is 5.92 Å². The predicted molar refractivity (Wildman–Crippen MR) is 139 cm³/mol. The Morgan fingerprint density at radius 1 is 1.08 bits per heavy atom. The summed E-state index contributed by atoms with van der Waals surface area (Å²) in [6.07, 6.45) is -4.27. The molecule has 4 rings (SSSR count). The lowest BCUT2D eigenvalue weighted by Gasteiger charge is -2.23. The molecule has 3 aromatic rings. The van der Waals surface area contributed by atoms with Crippen molar-refractivity contribution in [1.82, 2.24) is 15.3 Å². The number of nitrogens with zero attached hydrogens (tertiary/aromatic N) is 2. The molecular formula is C27H29F3N4O2S. The molecule has 4 bridgehead atoms. The summed E-state index contributed by atoms with van der Waals surface area (Å²) in [6.45, 7) is 7.60. The van der Waals surface area contributed by atoms with Gasteiger partial charge >= 0.3 is 6.18 Å². The number of anilines is 1. The van der Waals surface area contributed by atoms with Crippen LogP contribution in [-0.2, 0) is 6.18 Å². The lowest BCUT2D eigenvalue weighted by atomic mass is 9.93. The molecule has 6 nitrogen and oxygen atoms in total. The maximum Gasteiger partial charge on any atom is 0.423 e. The maximum absolute atomic E-state index is 14.6. The minimum absolute atomic E-state index is 0.0223. The molecule has 2 N–H and O–H groups in total. The first-order valence-corrected chi connectivity index (χ1v) is 12.9. The normalized spacial score (nSPS) is 16.2. The third-order valence-electron chi connectivity index (χ3n) is 5.87. The molecule has 196 valence electrons. The molecule has 37 heavy (non-hydrogen) atoms. The first kappa shape index (κ1) is 26.8. The van der Waals surface area contributed by atoms with Crippen molar-refractivity contribution >= 4 is 23.8 Å². The average Bonchev–Trinajstić information content (AvgIpc) is 2.84. The third-order valence-corrected chi connectivity index (χ3v) is 6.64. The summed E-state index contributed by atoms with van der Waals surface area (Å²) in [4.78, 5) is 22.1. The zero-order chi connectivity index (χ0) is 26.7. The van der Waals surface area contributed by atoms with Gasteiger partial charge in [0.15, 0.2) is 0 Å². The molecule has 0 aliphatic carbocycles. The number of nitrogens with one attached hydrogen (secondary N) is 2. The standard InChI is InChI=1S/C27H29F3N4O2S/c1-15(2)12-18-14-36-25-22(27(28,29)30)23(21-11-6-5-10-20(21)16(3)4)32-26(33-25)34-37-19-9-7-8-17(13-19)24(35)31-18/h5-11,13,15-16,18H,12,14H2,1-4H3,(H,31,35)(H,32,33,34)/t18-/m1/s1. The van der Waals surface area contributed by atoms with Crippen LogP contribution in [0.5, 0.6) is 5.88 Å². The second-order valence-corrected chi connectivity index (χ2v) is 10.5. The molecule has 1 aromatic heterocycles. The second-order valence-electron chi connectivity index (χ2n) is 9.66. The van der Waals surface area contributed by atoms with Gasteiger partial charge in [-0.15, -0.1) is 0 Å². The van der Waals surface area contributed by atoms with E-state index in [9.17, 15) is 18.0 Å². The molecule has 2 heterocycles. The van der Waals surface area contributed by atoms with Gasteiger partial charge in [0.25, 0.3) is 5.91 Å². The summed E-state index contributed by atoms with van der Waals surface area (Å²) in [5, 5.41) is 2.91. The predicted octanol–water partition coefficient (Wildman–Crippen LogP) is 6.94. The fourth-order valence-corrected chi connectivity index (χ4v) is 4.88. The highest BCUT2D eigenvalue weighted by Gasteiger charge is 2.41. The molecule has 0 saturated carbocycles. The van der Waals surface area contributed by atoms with Crippen molar-refractivity contribution in [2.45, 2.75) is 57.1 Å². The van der Waals surface area contributed by atoms with E-state index in [4.69, 9.17) is 4.74 Å². The number of alkyl halides is 3. The van der Waals surface area contributed by atoms with Crippen LogP contribution >= 0.6 is 11.9 Å². The molecule has 1 amide bonds. The second kappa shape index (κ2) is 11.0. The van der Waals surface area contributed by atoms with Crippen molar-refractivity contribution in [3.05, 3.63) is 65.2 Å². The van der Waals surface area contributed by atoms with Crippen LogP contribution in [0.15, 0.2) is 53.4 Å². The van der Waals surface area contributed by atoms with Gasteiger partial charge in [-0.3, -0.25) is 9.52 Å². The topological polar surface area (TPSA) is 76.1 Å². The summed E-state index contributed by atoms with van der Waals surface area (Å²) < 4.78 is 52.4.